The molecule has 22 heavy (non-hydrogen) atoms. The molecular formula is C13H25ClN4O3S. The van der Waals surface area contributed by atoms with Crippen molar-refractivity contribution in [3.63, 3.8) is 0 Å². The van der Waals surface area contributed by atoms with E-state index in [1.807, 2.05) is 39.2 Å². The van der Waals surface area contributed by atoms with Crippen LogP contribution in [-0.2, 0) is 11.4 Å². The van der Waals surface area contributed by atoms with Crippen LogP contribution in [0.1, 0.15) is 44.9 Å². The highest BCUT2D eigenvalue weighted by molar-refractivity contribution is 7.90. The molecule has 1 aromatic carbocycles. The van der Waals surface area contributed by atoms with E-state index < -0.39 is 11.4 Å². The van der Waals surface area contributed by atoms with Crippen LogP contribution in [0.2, 0.25) is 0 Å². The van der Waals surface area contributed by atoms with Gasteiger partial charge in [0, 0.05) is 16.9 Å². The van der Waals surface area contributed by atoms with Crippen LogP contribution in [-0.4, -0.2) is 25.5 Å². The van der Waals surface area contributed by atoms with E-state index in [-0.39, 0.29) is 29.0 Å². The highest BCUT2D eigenvalue weighted by atomic mass is 35.5. The minimum absolute atomic E-state index is 0. The highest BCUT2D eigenvalue weighted by Crippen LogP contribution is 2.20. The van der Waals surface area contributed by atoms with E-state index in [0.717, 1.165) is 5.56 Å². The number of nitrogens with one attached hydrogen (secondary N) is 3. The number of nitrogens with two attached hydrogens (primary N) is 1. The first-order valence-corrected chi connectivity index (χ1v) is 7.43. The average Bonchev–Trinajstić information content (AvgIpc) is 2.47. The molecule has 1 aromatic rings. The molecule has 128 valence electrons. The zero-order chi connectivity index (χ0) is 16.6. The van der Waals surface area contributed by atoms with E-state index in [0.29, 0.717) is 5.56 Å². The number of halogens is 1. The first-order chi connectivity index (χ1) is 9.75. The quantitative estimate of drug-likeness (QED) is 0.212. The van der Waals surface area contributed by atoms with Gasteiger partial charge in [0.15, 0.2) is 0 Å². The van der Waals surface area contributed by atoms with Crippen molar-refractivity contribution >= 4 is 29.6 Å². The Balaban J connectivity index is 0. The van der Waals surface area contributed by atoms with Gasteiger partial charge in [-0.15, -0.1) is 17.1 Å². The summed E-state index contributed by atoms with van der Waals surface area (Å²) in [6.45, 7) is 7.64. The lowest BCUT2D eigenvalue weighted by Gasteiger charge is -2.26. The van der Waals surface area contributed by atoms with Gasteiger partial charge in [0.1, 0.15) is 10.6 Å². The number of amidine groups is 1. The zero-order valence-electron chi connectivity index (χ0n) is 13.1. The van der Waals surface area contributed by atoms with Crippen molar-refractivity contribution in [3.05, 3.63) is 35.4 Å². The van der Waals surface area contributed by atoms with Crippen LogP contribution >= 0.6 is 12.4 Å². The van der Waals surface area contributed by atoms with Crippen LogP contribution in [0.4, 0.5) is 0 Å². The smallest absolute Gasteiger partial charge is 0.149 e. The van der Waals surface area contributed by atoms with Crippen molar-refractivity contribution in [1.82, 2.24) is 10.2 Å². The van der Waals surface area contributed by atoms with Gasteiger partial charge in [0.25, 0.3) is 0 Å². The number of benzene rings is 1. The molecule has 0 saturated carbocycles. The first kappa shape index (κ1) is 23.4. The second-order valence-electron chi connectivity index (χ2n) is 5.33. The molecule has 0 aliphatic heterocycles. The minimum atomic E-state index is -1.16. The Kier molecular flexibility index (Phi) is 11.5. The van der Waals surface area contributed by atoms with Crippen molar-refractivity contribution in [3.8, 4) is 0 Å². The van der Waals surface area contributed by atoms with Crippen LogP contribution in [0, 0.1) is 5.41 Å². The van der Waals surface area contributed by atoms with Crippen LogP contribution in [0.5, 0.6) is 0 Å². The molecule has 0 radical (unpaired) electrons. The minimum Gasteiger partial charge on any atom is -0.598 e. The van der Waals surface area contributed by atoms with Crippen molar-refractivity contribution in [1.29, 1.82) is 5.41 Å². The molecule has 0 fully saturated rings. The summed E-state index contributed by atoms with van der Waals surface area (Å²) in [4.78, 5) is 0. The fourth-order valence-corrected chi connectivity index (χ4v) is 2.24. The molecule has 9 heteroatoms. The monoisotopic (exact) mass is 352 g/mol. The summed E-state index contributed by atoms with van der Waals surface area (Å²) in [5, 5.41) is 22.7. The Labute approximate surface area is 140 Å². The van der Waals surface area contributed by atoms with Crippen LogP contribution < -0.4 is 16.1 Å². The molecule has 2 atom stereocenters. The summed E-state index contributed by atoms with van der Waals surface area (Å²) in [6, 6.07) is 7.10. The normalized spacial score (nSPS) is 13.1. The summed E-state index contributed by atoms with van der Waals surface area (Å²) < 4.78 is 14.7. The first-order valence-electron chi connectivity index (χ1n) is 6.28. The Morgan fingerprint density at radius 2 is 1.91 bits per heavy atom. The third-order valence-corrected chi connectivity index (χ3v) is 4.31. The number of rotatable bonds is 4. The Bertz CT molecular complexity index is 457. The second kappa shape index (κ2) is 10.8. The van der Waals surface area contributed by atoms with E-state index in [9.17, 15) is 4.55 Å². The SMILES string of the molecule is CC(N[S@+]([O-])C(C)(C)C)c1cccc(C(=N)NO)c1.Cl.NO. The maximum Gasteiger partial charge on any atom is 0.149 e. The lowest BCUT2D eigenvalue weighted by molar-refractivity contribution is 0.234. The number of hydroxylamine groups is 1. The third-order valence-electron chi connectivity index (χ3n) is 2.63. The molecule has 7 N–H and O–H groups in total. The van der Waals surface area contributed by atoms with Gasteiger partial charge in [-0.3, -0.25) is 16.1 Å². The number of hydrogen-bond donors (Lipinski definition) is 6. The fourth-order valence-electron chi connectivity index (χ4n) is 1.43. The Morgan fingerprint density at radius 3 is 2.36 bits per heavy atom. The zero-order valence-corrected chi connectivity index (χ0v) is 14.7. The Morgan fingerprint density at radius 1 is 1.36 bits per heavy atom. The maximum absolute atomic E-state index is 12.0. The molecule has 0 spiro atoms. The van der Waals surface area contributed by atoms with Gasteiger partial charge in [-0.1, -0.05) is 18.2 Å². The topological polar surface area (TPSA) is 137 Å². The molecule has 0 saturated heterocycles. The molecule has 0 amide bonds. The van der Waals surface area contributed by atoms with Crippen LogP contribution in [0.15, 0.2) is 24.3 Å². The largest absolute Gasteiger partial charge is 0.598 e. The second-order valence-corrected chi connectivity index (χ2v) is 7.33. The summed E-state index contributed by atoms with van der Waals surface area (Å²) in [6.07, 6.45) is 0. The summed E-state index contributed by atoms with van der Waals surface area (Å²) in [7, 11) is 0. The van der Waals surface area contributed by atoms with Crippen molar-refractivity contribution < 1.29 is 15.0 Å². The van der Waals surface area contributed by atoms with Crippen LogP contribution in [0.3, 0.4) is 0 Å². The summed E-state index contributed by atoms with van der Waals surface area (Å²) >= 11 is -1.16. The van der Waals surface area contributed by atoms with Gasteiger partial charge >= 0.3 is 0 Å². The predicted octanol–water partition coefficient (Wildman–Crippen LogP) is 1.86. The van der Waals surface area contributed by atoms with Gasteiger partial charge < -0.3 is 9.76 Å². The van der Waals surface area contributed by atoms with Gasteiger partial charge in [-0.05, 0) is 39.3 Å². The van der Waals surface area contributed by atoms with Gasteiger partial charge in [0.2, 0.25) is 0 Å². The summed E-state index contributed by atoms with van der Waals surface area (Å²) in [5.74, 6) is 3.44. The van der Waals surface area contributed by atoms with E-state index in [1.54, 1.807) is 18.2 Å². The highest BCUT2D eigenvalue weighted by Gasteiger charge is 2.28. The molecule has 0 bridgehead atoms. The van der Waals surface area contributed by atoms with E-state index in [4.69, 9.17) is 15.8 Å². The molecule has 0 aliphatic rings. The van der Waals surface area contributed by atoms with Crippen molar-refractivity contribution in [2.45, 2.75) is 38.5 Å². The standard InChI is InChI=1S/C13H21N3O2S.ClH.H3NO/c1-9(16-19(18)13(2,3)4)10-6-5-7-11(8-10)12(14)15-17;;1-2/h5-9,16-17H,1-4H3,(H2,14,15);1H;2H,1H2/t9?,19-;;/m1../s1. The average molecular weight is 353 g/mol. The predicted molar refractivity (Wildman–Crippen MR) is 90.9 cm³/mol. The molecule has 0 aromatic heterocycles. The lowest BCUT2D eigenvalue weighted by atomic mass is 10.1. The molecule has 1 unspecified atom stereocenters. The Hall–Kier alpha value is -0.870. The summed E-state index contributed by atoms with van der Waals surface area (Å²) in [5.41, 5.74) is 3.31. The van der Waals surface area contributed by atoms with Crippen molar-refractivity contribution in [2.75, 3.05) is 0 Å². The molecule has 1 rings (SSSR count). The van der Waals surface area contributed by atoms with E-state index >= 15 is 0 Å². The fraction of sp³-hybridized carbons (Fsp3) is 0.462. The van der Waals surface area contributed by atoms with Gasteiger partial charge in [0.05, 0.1) is 6.04 Å². The van der Waals surface area contributed by atoms with Crippen molar-refractivity contribution in [2.24, 2.45) is 5.90 Å². The van der Waals surface area contributed by atoms with E-state index in [2.05, 4.69) is 10.6 Å². The lowest BCUT2D eigenvalue weighted by Crippen LogP contribution is -2.40. The van der Waals surface area contributed by atoms with Gasteiger partial charge in [-0.2, -0.15) is 0 Å². The molecule has 7 nitrogen and oxygen atoms in total. The van der Waals surface area contributed by atoms with Crippen LogP contribution in [0.25, 0.3) is 0 Å². The maximum atomic E-state index is 12.0. The molecular weight excluding hydrogens is 328 g/mol. The third kappa shape index (κ3) is 7.41. The molecule has 0 heterocycles. The van der Waals surface area contributed by atoms with Gasteiger partial charge in [-0.25, -0.2) is 5.90 Å². The number of hydrogen-bond acceptors (Lipinski definition) is 6. The molecule has 0 aliphatic carbocycles. The van der Waals surface area contributed by atoms with E-state index in [1.165, 1.54) is 0 Å².